The summed E-state index contributed by atoms with van der Waals surface area (Å²) < 4.78 is 1.15. The average Bonchev–Trinajstić information content (AvgIpc) is 2.40. The second-order valence-corrected chi connectivity index (χ2v) is 6.03. The van der Waals surface area contributed by atoms with Crippen LogP contribution in [0.25, 0.3) is 0 Å². The summed E-state index contributed by atoms with van der Waals surface area (Å²) in [5.74, 6) is 0. The van der Waals surface area contributed by atoms with Gasteiger partial charge < -0.3 is 5.32 Å². The maximum atomic E-state index is 6.01. The highest BCUT2D eigenvalue weighted by atomic mass is 79.9. The SMILES string of the molecule is Cc1cc(CN[C@@H](C)c2cccc(Cl)c2)ccc1Br. The normalized spacial score (nSPS) is 12.4. The molecule has 0 fully saturated rings. The molecule has 0 unspecified atom stereocenters. The van der Waals surface area contributed by atoms with Gasteiger partial charge in [-0.2, -0.15) is 0 Å². The maximum Gasteiger partial charge on any atom is 0.0409 e. The standard InChI is InChI=1S/C16H17BrClN/c1-11-8-13(6-7-16(11)17)10-19-12(2)14-4-3-5-15(18)9-14/h3-9,12,19H,10H2,1-2H3/t12-/m0/s1. The third kappa shape index (κ3) is 4.07. The number of hydrogen-bond acceptors (Lipinski definition) is 1. The molecular weight excluding hydrogens is 322 g/mol. The molecule has 1 nitrogen and oxygen atoms in total. The van der Waals surface area contributed by atoms with Crippen LogP contribution >= 0.6 is 27.5 Å². The van der Waals surface area contributed by atoms with E-state index in [1.165, 1.54) is 16.7 Å². The van der Waals surface area contributed by atoms with Gasteiger partial charge in [-0.25, -0.2) is 0 Å². The lowest BCUT2D eigenvalue weighted by atomic mass is 10.1. The Morgan fingerprint density at radius 2 is 2.00 bits per heavy atom. The first-order chi connectivity index (χ1) is 9.06. The van der Waals surface area contributed by atoms with Crippen molar-refractivity contribution in [2.24, 2.45) is 0 Å². The fraction of sp³-hybridized carbons (Fsp3) is 0.250. The van der Waals surface area contributed by atoms with Crippen molar-refractivity contribution in [3.05, 3.63) is 68.7 Å². The summed E-state index contributed by atoms with van der Waals surface area (Å²) in [6, 6.07) is 14.7. The molecule has 1 atom stereocenters. The summed E-state index contributed by atoms with van der Waals surface area (Å²) in [5.41, 5.74) is 3.76. The molecule has 19 heavy (non-hydrogen) atoms. The van der Waals surface area contributed by atoms with Gasteiger partial charge in [0.15, 0.2) is 0 Å². The molecular formula is C16H17BrClN. The Kier molecular flexibility index (Phi) is 5.03. The molecule has 0 aromatic heterocycles. The first-order valence-electron chi connectivity index (χ1n) is 6.30. The molecule has 0 amide bonds. The predicted octanol–water partition coefficient (Wildman–Crippen LogP) is 5.26. The number of nitrogens with one attached hydrogen (secondary N) is 1. The molecule has 100 valence electrons. The van der Waals surface area contributed by atoms with Crippen LogP contribution in [0.4, 0.5) is 0 Å². The lowest BCUT2D eigenvalue weighted by Gasteiger charge is -2.15. The fourth-order valence-corrected chi connectivity index (χ4v) is 2.43. The van der Waals surface area contributed by atoms with Crippen molar-refractivity contribution in [3.63, 3.8) is 0 Å². The lowest BCUT2D eigenvalue weighted by Crippen LogP contribution is -2.18. The van der Waals surface area contributed by atoms with Crippen molar-refractivity contribution in [2.45, 2.75) is 26.4 Å². The average molecular weight is 339 g/mol. The molecule has 0 heterocycles. The van der Waals surface area contributed by atoms with Crippen LogP contribution in [0.3, 0.4) is 0 Å². The van der Waals surface area contributed by atoms with Crippen molar-refractivity contribution >= 4 is 27.5 Å². The van der Waals surface area contributed by atoms with E-state index >= 15 is 0 Å². The highest BCUT2D eigenvalue weighted by Crippen LogP contribution is 2.19. The molecule has 0 aliphatic heterocycles. The molecule has 0 radical (unpaired) electrons. The summed E-state index contributed by atoms with van der Waals surface area (Å²) in [7, 11) is 0. The Morgan fingerprint density at radius 1 is 1.21 bits per heavy atom. The van der Waals surface area contributed by atoms with E-state index in [4.69, 9.17) is 11.6 Å². The zero-order chi connectivity index (χ0) is 13.8. The number of halogens is 2. The van der Waals surface area contributed by atoms with Gasteiger partial charge in [0.1, 0.15) is 0 Å². The van der Waals surface area contributed by atoms with E-state index in [1.54, 1.807) is 0 Å². The summed E-state index contributed by atoms with van der Waals surface area (Å²) in [4.78, 5) is 0. The van der Waals surface area contributed by atoms with Gasteiger partial charge in [0.05, 0.1) is 0 Å². The molecule has 0 aliphatic rings. The van der Waals surface area contributed by atoms with Gasteiger partial charge >= 0.3 is 0 Å². The van der Waals surface area contributed by atoms with Crippen LogP contribution in [-0.2, 0) is 6.54 Å². The number of aryl methyl sites for hydroxylation is 1. The van der Waals surface area contributed by atoms with Crippen molar-refractivity contribution in [1.29, 1.82) is 0 Å². The molecule has 1 N–H and O–H groups in total. The van der Waals surface area contributed by atoms with Gasteiger partial charge in [0.2, 0.25) is 0 Å². The van der Waals surface area contributed by atoms with Crippen molar-refractivity contribution < 1.29 is 0 Å². The topological polar surface area (TPSA) is 12.0 Å². The summed E-state index contributed by atoms with van der Waals surface area (Å²) >= 11 is 9.53. The Morgan fingerprint density at radius 3 is 2.68 bits per heavy atom. The van der Waals surface area contributed by atoms with Gasteiger partial charge in [0, 0.05) is 22.1 Å². The fourth-order valence-electron chi connectivity index (χ4n) is 1.98. The molecule has 2 rings (SSSR count). The van der Waals surface area contributed by atoms with Gasteiger partial charge in [-0.1, -0.05) is 51.8 Å². The molecule has 0 spiro atoms. The lowest BCUT2D eigenvalue weighted by molar-refractivity contribution is 0.574. The van der Waals surface area contributed by atoms with E-state index in [-0.39, 0.29) is 6.04 Å². The van der Waals surface area contributed by atoms with Crippen LogP contribution in [0, 0.1) is 6.92 Å². The minimum Gasteiger partial charge on any atom is -0.306 e. The molecule has 0 aliphatic carbocycles. The van der Waals surface area contributed by atoms with Gasteiger partial charge in [-0.05, 0) is 48.7 Å². The quantitative estimate of drug-likeness (QED) is 0.801. The Labute approximate surface area is 128 Å². The third-order valence-electron chi connectivity index (χ3n) is 3.18. The summed E-state index contributed by atoms with van der Waals surface area (Å²) in [6.45, 7) is 5.10. The zero-order valence-electron chi connectivity index (χ0n) is 11.1. The highest BCUT2D eigenvalue weighted by molar-refractivity contribution is 9.10. The Bertz CT molecular complexity index is 568. The van der Waals surface area contributed by atoms with Crippen LogP contribution < -0.4 is 5.32 Å². The second-order valence-electron chi connectivity index (χ2n) is 4.74. The predicted molar refractivity (Wildman–Crippen MR) is 85.6 cm³/mol. The van der Waals surface area contributed by atoms with Gasteiger partial charge in [-0.3, -0.25) is 0 Å². The number of benzene rings is 2. The minimum atomic E-state index is 0.280. The van der Waals surface area contributed by atoms with Crippen LogP contribution in [0.5, 0.6) is 0 Å². The number of rotatable bonds is 4. The van der Waals surface area contributed by atoms with E-state index in [1.807, 2.05) is 18.2 Å². The van der Waals surface area contributed by atoms with E-state index in [0.29, 0.717) is 0 Å². The molecule has 2 aromatic rings. The molecule has 0 saturated heterocycles. The van der Waals surface area contributed by atoms with Gasteiger partial charge in [-0.15, -0.1) is 0 Å². The van der Waals surface area contributed by atoms with E-state index < -0.39 is 0 Å². The first kappa shape index (κ1) is 14.6. The van der Waals surface area contributed by atoms with Crippen molar-refractivity contribution in [3.8, 4) is 0 Å². The molecule has 2 aromatic carbocycles. The van der Waals surface area contributed by atoms with E-state index in [0.717, 1.165) is 16.0 Å². The van der Waals surface area contributed by atoms with Crippen LogP contribution in [-0.4, -0.2) is 0 Å². The van der Waals surface area contributed by atoms with Crippen LogP contribution in [0.1, 0.15) is 29.7 Å². The summed E-state index contributed by atoms with van der Waals surface area (Å²) in [5, 5.41) is 4.30. The van der Waals surface area contributed by atoms with E-state index in [2.05, 4.69) is 59.4 Å². The molecule has 3 heteroatoms. The van der Waals surface area contributed by atoms with Crippen molar-refractivity contribution in [1.82, 2.24) is 5.32 Å². The number of hydrogen-bond donors (Lipinski definition) is 1. The van der Waals surface area contributed by atoms with Crippen LogP contribution in [0.15, 0.2) is 46.9 Å². The van der Waals surface area contributed by atoms with Gasteiger partial charge in [0.25, 0.3) is 0 Å². The largest absolute Gasteiger partial charge is 0.306 e. The third-order valence-corrected chi connectivity index (χ3v) is 4.31. The Hall–Kier alpha value is -0.830. The second kappa shape index (κ2) is 6.56. The minimum absolute atomic E-state index is 0.280. The maximum absolute atomic E-state index is 6.01. The zero-order valence-corrected chi connectivity index (χ0v) is 13.4. The summed E-state index contributed by atoms with van der Waals surface area (Å²) in [6.07, 6.45) is 0. The van der Waals surface area contributed by atoms with E-state index in [9.17, 15) is 0 Å². The highest BCUT2D eigenvalue weighted by Gasteiger charge is 2.05. The smallest absolute Gasteiger partial charge is 0.0409 e. The van der Waals surface area contributed by atoms with Crippen LogP contribution in [0.2, 0.25) is 5.02 Å². The first-order valence-corrected chi connectivity index (χ1v) is 7.47. The van der Waals surface area contributed by atoms with Crippen molar-refractivity contribution in [2.75, 3.05) is 0 Å². The molecule has 0 bridgehead atoms. The monoisotopic (exact) mass is 337 g/mol. The Balaban J connectivity index is 2.00. The molecule has 0 saturated carbocycles.